The molecule has 6 heteroatoms. The van der Waals surface area contributed by atoms with Crippen molar-refractivity contribution in [2.24, 2.45) is 0 Å². The number of para-hydroxylation sites is 1. The molecule has 1 aliphatic rings. The largest absolute Gasteiger partial charge is 0.504 e. The first-order valence-electron chi connectivity index (χ1n) is 13.1. The van der Waals surface area contributed by atoms with E-state index in [2.05, 4.69) is 64.3 Å². The molecule has 0 aliphatic carbocycles. The van der Waals surface area contributed by atoms with E-state index in [1.807, 2.05) is 25.1 Å². The van der Waals surface area contributed by atoms with Crippen molar-refractivity contribution in [1.29, 1.82) is 0 Å². The van der Waals surface area contributed by atoms with Gasteiger partial charge in [-0.2, -0.15) is 0 Å². The van der Waals surface area contributed by atoms with Crippen molar-refractivity contribution in [3.8, 4) is 22.8 Å². The highest BCUT2D eigenvalue weighted by Gasteiger charge is 2.27. The van der Waals surface area contributed by atoms with Crippen LogP contribution in [0.3, 0.4) is 0 Å². The summed E-state index contributed by atoms with van der Waals surface area (Å²) in [6, 6.07) is 20.6. The molecule has 2 aromatic heterocycles. The highest BCUT2D eigenvalue weighted by molar-refractivity contribution is 7.99. The maximum Gasteiger partial charge on any atom is 0.229 e. The van der Waals surface area contributed by atoms with Gasteiger partial charge in [-0.25, -0.2) is 4.98 Å². The molecule has 4 aromatic rings. The van der Waals surface area contributed by atoms with Gasteiger partial charge in [0.25, 0.3) is 0 Å². The fraction of sp³-hybridized carbons (Fsp3) is 0.290. The third-order valence-electron chi connectivity index (χ3n) is 6.95. The third kappa shape index (κ3) is 5.30. The normalized spacial score (nSPS) is 13.3. The van der Waals surface area contributed by atoms with E-state index in [9.17, 15) is 10.2 Å². The van der Waals surface area contributed by atoms with E-state index in [0.29, 0.717) is 11.3 Å². The maximum atomic E-state index is 11.7. The standard InChI is InChI=1S/C31H33N3O2S/c1-3-4-13-26-28(34-20-8-7-11-23-10-5-6-14-27(23)34)29(35)30(31(36)33-26)37-24-17-15-22(16-18-24)25-12-9-19-32-21(25)2/h5-6,9-10,12,14-19H,3-4,7-8,11,13,20H2,1-2H3,(H2,33,35,36). The fourth-order valence-electron chi connectivity index (χ4n) is 5.01. The lowest BCUT2D eigenvalue weighted by molar-refractivity contribution is 0.409. The summed E-state index contributed by atoms with van der Waals surface area (Å²) in [5.74, 6) is -0.0138. The Balaban J connectivity index is 1.54. The van der Waals surface area contributed by atoms with Crippen LogP contribution in [-0.4, -0.2) is 26.7 Å². The van der Waals surface area contributed by atoms with Crippen LogP contribution in [0.15, 0.2) is 76.7 Å². The zero-order chi connectivity index (χ0) is 25.8. The van der Waals surface area contributed by atoms with Gasteiger partial charge in [-0.15, -0.1) is 0 Å². The molecule has 190 valence electrons. The predicted molar refractivity (Wildman–Crippen MR) is 151 cm³/mol. The predicted octanol–water partition coefficient (Wildman–Crippen LogP) is 7.83. The number of hydrogen-bond acceptors (Lipinski definition) is 6. The Morgan fingerprint density at radius 2 is 1.78 bits per heavy atom. The number of hydrogen-bond donors (Lipinski definition) is 2. The fourth-order valence-corrected chi connectivity index (χ4v) is 5.85. The van der Waals surface area contributed by atoms with E-state index < -0.39 is 0 Å². The van der Waals surface area contributed by atoms with Crippen molar-refractivity contribution in [3.63, 3.8) is 0 Å². The van der Waals surface area contributed by atoms with Gasteiger partial charge in [0.2, 0.25) is 5.88 Å². The Kier molecular flexibility index (Phi) is 7.65. The molecule has 2 N–H and O–H groups in total. The molecule has 5 rings (SSSR count). The van der Waals surface area contributed by atoms with Crippen LogP contribution in [-0.2, 0) is 12.8 Å². The Labute approximate surface area is 223 Å². The summed E-state index contributed by atoms with van der Waals surface area (Å²) in [6.45, 7) is 4.95. The van der Waals surface area contributed by atoms with E-state index in [0.717, 1.165) is 77.4 Å². The third-order valence-corrected chi connectivity index (χ3v) is 8.03. The summed E-state index contributed by atoms with van der Waals surface area (Å²) in [4.78, 5) is 12.6. The summed E-state index contributed by atoms with van der Waals surface area (Å²) in [6.07, 6.45) is 7.61. The maximum absolute atomic E-state index is 11.7. The number of benzene rings is 2. The minimum Gasteiger partial charge on any atom is -0.504 e. The quantitative estimate of drug-likeness (QED) is 0.263. The van der Waals surface area contributed by atoms with Crippen LogP contribution in [0.1, 0.15) is 49.6 Å². The monoisotopic (exact) mass is 511 g/mol. The summed E-state index contributed by atoms with van der Waals surface area (Å²) in [5, 5.41) is 22.6. The van der Waals surface area contributed by atoms with Gasteiger partial charge >= 0.3 is 0 Å². The molecule has 0 atom stereocenters. The first kappa shape index (κ1) is 25.2. The van der Waals surface area contributed by atoms with E-state index in [1.54, 1.807) is 6.20 Å². The number of aromatic hydroxyl groups is 2. The van der Waals surface area contributed by atoms with Crippen LogP contribution < -0.4 is 4.90 Å². The summed E-state index contributed by atoms with van der Waals surface area (Å²) >= 11 is 1.34. The van der Waals surface area contributed by atoms with Crippen molar-refractivity contribution < 1.29 is 10.2 Å². The van der Waals surface area contributed by atoms with Crippen molar-refractivity contribution in [2.75, 3.05) is 11.4 Å². The molecule has 0 spiro atoms. The lowest BCUT2D eigenvalue weighted by Gasteiger charge is -2.28. The Bertz CT molecular complexity index is 1390. The van der Waals surface area contributed by atoms with Crippen molar-refractivity contribution in [2.45, 2.75) is 62.2 Å². The number of rotatable bonds is 7. The lowest BCUT2D eigenvalue weighted by atomic mass is 10.1. The summed E-state index contributed by atoms with van der Waals surface area (Å²) in [7, 11) is 0. The SMILES string of the molecule is CCCCc1nc(O)c(Sc2ccc(-c3cccnc3C)cc2)c(O)c1N1CCCCc2ccccc21. The van der Waals surface area contributed by atoms with Gasteiger partial charge in [-0.05, 0) is 74.4 Å². The van der Waals surface area contributed by atoms with Crippen LogP contribution >= 0.6 is 11.8 Å². The number of fused-ring (bicyclic) bond motifs is 1. The first-order chi connectivity index (χ1) is 18.1. The van der Waals surface area contributed by atoms with Gasteiger partial charge in [0.1, 0.15) is 10.6 Å². The van der Waals surface area contributed by atoms with Gasteiger partial charge < -0.3 is 15.1 Å². The van der Waals surface area contributed by atoms with E-state index >= 15 is 0 Å². The molecule has 0 bridgehead atoms. The lowest BCUT2D eigenvalue weighted by Crippen LogP contribution is -2.20. The molecule has 3 heterocycles. The first-order valence-corrected chi connectivity index (χ1v) is 13.9. The molecule has 0 radical (unpaired) electrons. The Morgan fingerprint density at radius 1 is 0.973 bits per heavy atom. The van der Waals surface area contributed by atoms with E-state index in [1.165, 1.54) is 17.3 Å². The van der Waals surface area contributed by atoms with Crippen molar-refractivity contribution >= 4 is 23.1 Å². The number of aromatic nitrogens is 2. The van der Waals surface area contributed by atoms with Gasteiger partial charge in [0, 0.05) is 34.6 Å². The molecule has 0 fully saturated rings. The Morgan fingerprint density at radius 3 is 2.57 bits per heavy atom. The number of pyridine rings is 2. The van der Waals surface area contributed by atoms with E-state index in [-0.39, 0.29) is 11.6 Å². The molecule has 0 saturated carbocycles. The number of aryl methyl sites for hydroxylation is 3. The van der Waals surface area contributed by atoms with Crippen LogP contribution in [0.4, 0.5) is 11.4 Å². The minimum absolute atomic E-state index is 0.104. The van der Waals surface area contributed by atoms with Crippen LogP contribution in [0.25, 0.3) is 11.1 Å². The highest BCUT2D eigenvalue weighted by Crippen LogP contribution is 2.49. The molecule has 0 saturated heterocycles. The van der Waals surface area contributed by atoms with Gasteiger partial charge in [0.15, 0.2) is 5.75 Å². The summed E-state index contributed by atoms with van der Waals surface area (Å²) in [5.41, 5.74) is 7.03. The van der Waals surface area contributed by atoms with Crippen molar-refractivity contribution in [1.82, 2.24) is 9.97 Å². The minimum atomic E-state index is -0.118. The van der Waals surface area contributed by atoms with Crippen LogP contribution in [0.5, 0.6) is 11.6 Å². The van der Waals surface area contributed by atoms with Gasteiger partial charge in [0.05, 0.1) is 5.69 Å². The average molecular weight is 512 g/mol. The molecular weight excluding hydrogens is 478 g/mol. The second-order valence-corrected chi connectivity index (χ2v) is 10.6. The van der Waals surface area contributed by atoms with Crippen LogP contribution in [0, 0.1) is 6.92 Å². The van der Waals surface area contributed by atoms with Crippen LogP contribution in [0.2, 0.25) is 0 Å². The number of nitrogens with zero attached hydrogens (tertiary/aromatic N) is 3. The van der Waals surface area contributed by atoms with Gasteiger partial charge in [-0.1, -0.05) is 61.5 Å². The average Bonchev–Trinajstić information content (AvgIpc) is 3.13. The zero-order valence-electron chi connectivity index (χ0n) is 21.4. The number of unbranched alkanes of at least 4 members (excludes halogenated alkanes) is 1. The second-order valence-electron chi connectivity index (χ2n) is 9.51. The second kappa shape index (κ2) is 11.3. The smallest absolute Gasteiger partial charge is 0.229 e. The molecule has 2 aromatic carbocycles. The zero-order valence-corrected chi connectivity index (χ0v) is 22.3. The molecule has 0 amide bonds. The van der Waals surface area contributed by atoms with Crippen molar-refractivity contribution in [3.05, 3.63) is 83.8 Å². The van der Waals surface area contributed by atoms with E-state index in [4.69, 9.17) is 0 Å². The Hall–Kier alpha value is -3.51. The molecule has 1 aliphatic heterocycles. The summed E-state index contributed by atoms with van der Waals surface area (Å²) < 4.78 is 0. The van der Waals surface area contributed by atoms with Gasteiger partial charge in [-0.3, -0.25) is 4.98 Å². The molecule has 37 heavy (non-hydrogen) atoms. The highest BCUT2D eigenvalue weighted by atomic mass is 32.2. The topological polar surface area (TPSA) is 69.5 Å². The molecular formula is C31H33N3O2S. The molecule has 5 nitrogen and oxygen atoms in total. The number of anilines is 2. The molecule has 0 unspecified atom stereocenters.